The van der Waals surface area contributed by atoms with Crippen molar-refractivity contribution in [1.29, 1.82) is 0 Å². The molecule has 0 amide bonds. The topological polar surface area (TPSA) is 75.4 Å². The Hall–Kier alpha value is -1.85. The summed E-state index contributed by atoms with van der Waals surface area (Å²) in [4.78, 5) is 29.5. The minimum absolute atomic E-state index is 0.0695. The largest absolute Gasteiger partial charge is 0.481 e. The first-order valence-electron chi connectivity index (χ1n) is 6.43. The standard InChI is InChI=1S/C13H19N3O3/c1-8-9(2)14-13(15(3)11(8)17)16-6-4-5-10(7-16)12(18)19/h10H,4-7H2,1-3H3,(H,18,19)/t10-/m1/s1. The molecule has 0 unspecified atom stereocenters. The zero-order valence-corrected chi connectivity index (χ0v) is 11.5. The van der Waals surface area contributed by atoms with Gasteiger partial charge in [0.05, 0.1) is 5.92 Å². The van der Waals surface area contributed by atoms with Gasteiger partial charge >= 0.3 is 5.97 Å². The van der Waals surface area contributed by atoms with E-state index in [1.807, 2.05) is 4.90 Å². The van der Waals surface area contributed by atoms with Crippen LogP contribution in [0, 0.1) is 19.8 Å². The van der Waals surface area contributed by atoms with Crippen molar-refractivity contribution < 1.29 is 9.90 Å². The third-order valence-electron chi connectivity index (χ3n) is 3.79. The number of hydrogen-bond acceptors (Lipinski definition) is 4. The fourth-order valence-corrected chi connectivity index (χ4v) is 2.45. The number of aromatic nitrogens is 2. The van der Waals surface area contributed by atoms with Gasteiger partial charge in [0.1, 0.15) is 0 Å². The van der Waals surface area contributed by atoms with Gasteiger partial charge in [-0.25, -0.2) is 4.98 Å². The Morgan fingerprint density at radius 2 is 2.11 bits per heavy atom. The number of carboxylic acid groups (broad SMARTS) is 1. The van der Waals surface area contributed by atoms with Crippen LogP contribution < -0.4 is 10.5 Å². The van der Waals surface area contributed by atoms with Gasteiger partial charge in [-0.05, 0) is 26.7 Å². The van der Waals surface area contributed by atoms with Crippen molar-refractivity contribution in [3.8, 4) is 0 Å². The van der Waals surface area contributed by atoms with Crippen molar-refractivity contribution in [1.82, 2.24) is 9.55 Å². The maximum atomic E-state index is 12.0. The second kappa shape index (κ2) is 5.03. The van der Waals surface area contributed by atoms with Crippen LogP contribution in [0.5, 0.6) is 0 Å². The molecule has 1 aromatic heterocycles. The Kier molecular flexibility index (Phi) is 3.59. The molecule has 1 aliphatic rings. The van der Waals surface area contributed by atoms with E-state index in [2.05, 4.69) is 4.98 Å². The van der Waals surface area contributed by atoms with Gasteiger partial charge in [0, 0.05) is 31.4 Å². The van der Waals surface area contributed by atoms with Crippen molar-refractivity contribution in [2.24, 2.45) is 13.0 Å². The molecule has 0 saturated carbocycles. The van der Waals surface area contributed by atoms with Gasteiger partial charge in [0.2, 0.25) is 5.95 Å². The van der Waals surface area contributed by atoms with E-state index >= 15 is 0 Å². The molecule has 1 N–H and O–H groups in total. The first kappa shape index (κ1) is 13.6. The molecule has 0 radical (unpaired) electrons. The molecule has 2 heterocycles. The van der Waals surface area contributed by atoms with Crippen molar-refractivity contribution in [3.63, 3.8) is 0 Å². The lowest BCUT2D eigenvalue weighted by atomic mass is 9.99. The molecule has 0 aliphatic carbocycles. The zero-order valence-electron chi connectivity index (χ0n) is 11.5. The highest BCUT2D eigenvalue weighted by molar-refractivity contribution is 5.71. The fourth-order valence-electron chi connectivity index (χ4n) is 2.45. The maximum Gasteiger partial charge on any atom is 0.308 e. The molecule has 1 aliphatic heterocycles. The highest BCUT2D eigenvalue weighted by Crippen LogP contribution is 2.21. The second-order valence-corrected chi connectivity index (χ2v) is 5.11. The molecule has 2 rings (SSSR count). The first-order valence-corrected chi connectivity index (χ1v) is 6.43. The van der Waals surface area contributed by atoms with Crippen LogP contribution >= 0.6 is 0 Å². The number of anilines is 1. The normalized spacial score (nSPS) is 19.5. The van der Waals surface area contributed by atoms with Crippen LogP contribution in [0.4, 0.5) is 5.95 Å². The summed E-state index contributed by atoms with van der Waals surface area (Å²) in [5.74, 6) is -0.593. The third-order valence-corrected chi connectivity index (χ3v) is 3.79. The molecule has 0 bridgehead atoms. The Morgan fingerprint density at radius 3 is 2.74 bits per heavy atom. The average molecular weight is 265 g/mol. The van der Waals surface area contributed by atoms with Crippen molar-refractivity contribution in [3.05, 3.63) is 21.6 Å². The van der Waals surface area contributed by atoms with Crippen LogP contribution in [0.2, 0.25) is 0 Å². The lowest BCUT2D eigenvalue weighted by Gasteiger charge is -2.32. The van der Waals surface area contributed by atoms with E-state index in [1.54, 1.807) is 20.9 Å². The van der Waals surface area contributed by atoms with Crippen molar-refractivity contribution in [2.45, 2.75) is 26.7 Å². The molecule has 1 atom stereocenters. The van der Waals surface area contributed by atoms with E-state index in [0.717, 1.165) is 13.0 Å². The van der Waals surface area contributed by atoms with Gasteiger partial charge in [0.15, 0.2) is 0 Å². The van der Waals surface area contributed by atoms with Gasteiger partial charge in [-0.15, -0.1) is 0 Å². The monoisotopic (exact) mass is 265 g/mol. The SMILES string of the molecule is Cc1nc(N2CCC[C@@H](C(=O)O)C2)n(C)c(=O)c1C. The molecule has 0 spiro atoms. The maximum absolute atomic E-state index is 12.0. The predicted octanol–water partition coefficient (Wildman–Crippen LogP) is 0.698. The molecular weight excluding hydrogens is 246 g/mol. The molecule has 1 saturated heterocycles. The molecular formula is C13H19N3O3. The number of nitrogens with zero attached hydrogens (tertiary/aromatic N) is 3. The van der Waals surface area contributed by atoms with Crippen LogP contribution in [-0.2, 0) is 11.8 Å². The quantitative estimate of drug-likeness (QED) is 0.852. The number of aryl methyl sites for hydroxylation is 1. The number of hydrogen-bond donors (Lipinski definition) is 1. The molecule has 0 aromatic carbocycles. The van der Waals surface area contributed by atoms with Crippen LogP contribution in [0.25, 0.3) is 0 Å². The van der Waals surface area contributed by atoms with Gasteiger partial charge < -0.3 is 10.0 Å². The lowest BCUT2D eigenvalue weighted by molar-refractivity contribution is -0.141. The lowest BCUT2D eigenvalue weighted by Crippen LogP contribution is -2.42. The number of piperidine rings is 1. The highest BCUT2D eigenvalue weighted by Gasteiger charge is 2.27. The zero-order chi connectivity index (χ0) is 14.2. The third kappa shape index (κ3) is 2.47. The molecule has 6 nitrogen and oxygen atoms in total. The second-order valence-electron chi connectivity index (χ2n) is 5.11. The molecule has 1 fully saturated rings. The van der Waals surface area contributed by atoms with Crippen molar-refractivity contribution >= 4 is 11.9 Å². The summed E-state index contributed by atoms with van der Waals surface area (Å²) in [5.41, 5.74) is 1.27. The molecule has 104 valence electrons. The molecule has 6 heteroatoms. The summed E-state index contributed by atoms with van der Waals surface area (Å²) in [6.07, 6.45) is 1.49. The minimum Gasteiger partial charge on any atom is -0.481 e. The number of carboxylic acids is 1. The summed E-state index contributed by atoms with van der Waals surface area (Å²) in [7, 11) is 1.68. The predicted molar refractivity (Wildman–Crippen MR) is 71.5 cm³/mol. The Labute approximate surface area is 111 Å². The summed E-state index contributed by atoms with van der Waals surface area (Å²) >= 11 is 0. The van der Waals surface area contributed by atoms with Gasteiger partial charge in [0.25, 0.3) is 5.56 Å². The molecule has 1 aromatic rings. The van der Waals surface area contributed by atoms with Crippen LogP contribution in [-0.4, -0.2) is 33.7 Å². The van der Waals surface area contributed by atoms with E-state index in [-0.39, 0.29) is 11.5 Å². The fraction of sp³-hybridized carbons (Fsp3) is 0.615. The van der Waals surface area contributed by atoms with Crippen molar-refractivity contribution in [2.75, 3.05) is 18.0 Å². The van der Waals surface area contributed by atoms with E-state index in [9.17, 15) is 9.59 Å². The highest BCUT2D eigenvalue weighted by atomic mass is 16.4. The Morgan fingerprint density at radius 1 is 1.42 bits per heavy atom. The van der Waals surface area contributed by atoms with E-state index in [0.29, 0.717) is 30.2 Å². The van der Waals surface area contributed by atoms with Gasteiger partial charge in [-0.3, -0.25) is 14.2 Å². The van der Waals surface area contributed by atoms with Crippen LogP contribution in [0.15, 0.2) is 4.79 Å². The Balaban J connectivity index is 2.37. The minimum atomic E-state index is -0.779. The average Bonchev–Trinajstić information content (AvgIpc) is 2.40. The van der Waals surface area contributed by atoms with Crippen LogP contribution in [0.3, 0.4) is 0 Å². The van der Waals surface area contributed by atoms with E-state index in [4.69, 9.17) is 5.11 Å². The Bertz CT molecular complexity index is 565. The first-order chi connectivity index (χ1) is 8.91. The summed E-state index contributed by atoms with van der Waals surface area (Å²) in [6, 6.07) is 0. The molecule has 19 heavy (non-hydrogen) atoms. The summed E-state index contributed by atoms with van der Waals surface area (Å²) in [6.45, 7) is 4.72. The van der Waals surface area contributed by atoms with Gasteiger partial charge in [-0.1, -0.05) is 0 Å². The summed E-state index contributed by atoms with van der Waals surface area (Å²) < 4.78 is 1.51. The number of aliphatic carboxylic acids is 1. The van der Waals surface area contributed by atoms with E-state index < -0.39 is 5.97 Å². The van der Waals surface area contributed by atoms with Crippen LogP contribution in [0.1, 0.15) is 24.1 Å². The van der Waals surface area contributed by atoms with E-state index in [1.165, 1.54) is 4.57 Å². The summed E-state index contributed by atoms with van der Waals surface area (Å²) in [5, 5.41) is 9.11. The number of carbonyl (C=O) groups is 1. The smallest absolute Gasteiger partial charge is 0.308 e. The number of rotatable bonds is 2. The van der Waals surface area contributed by atoms with Gasteiger partial charge in [-0.2, -0.15) is 0 Å².